The van der Waals surface area contributed by atoms with Gasteiger partial charge in [-0.1, -0.05) is 72.8 Å². The number of hydrogen-bond donors (Lipinski definition) is 1. The van der Waals surface area contributed by atoms with E-state index in [-0.39, 0.29) is 40.0 Å². The van der Waals surface area contributed by atoms with E-state index in [1.54, 1.807) is 36.4 Å². The van der Waals surface area contributed by atoms with Crippen LogP contribution in [0.2, 0.25) is 0 Å². The predicted molar refractivity (Wildman–Crippen MR) is 137 cm³/mol. The summed E-state index contributed by atoms with van der Waals surface area (Å²) in [6, 6.07) is 31.4. The second-order valence-electron chi connectivity index (χ2n) is 8.26. The number of rotatable bonds is 6. The van der Waals surface area contributed by atoms with E-state index in [1.165, 1.54) is 12.1 Å². The Labute approximate surface area is 232 Å². The van der Waals surface area contributed by atoms with Crippen molar-refractivity contribution >= 4 is 27.0 Å². The van der Waals surface area contributed by atoms with Crippen LogP contribution in [0.15, 0.2) is 108 Å². The maximum atomic E-state index is 12.8. The summed E-state index contributed by atoms with van der Waals surface area (Å²) in [6.07, 6.45) is 0. The fraction of sp³-hybridized carbons (Fsp3) is 0.0714. The van der Waals surface area contributed by atoms with Gasteiger partial charge in [0.15, 0.2) is 0 Å². The average Bonchev–Trinajstić information content (AvgIpc) is 3.19. The Hall–Kier alpha value is -3.23. The second-order valence-corrected chi connectivity index (χ2v) is 9.94. The number of carbonyl (C=O) groups is 1. The molecular weight excluding hydrogens is 481 g/mol. The number of aromatic nitrogens is 2. The zero-order chi connectivity index (χ0) is 24.4. The largest absolute Gasteiger partial charge is 1.00 e. The number of hydrogen-bond acceptors (Lipinski definition) is 4. The third kappa shape index (κ3) is 5.44. The Balaban J connectivity index is 0.00000304. The zero-order valence-corrected chi connectivity index (χ0v) is 22.9. The summed E-state index contributed by atoms with van der Waals surface area (Å²) in [5, 5.41) is 0. The van der Waals surface area contributed by atoms with E-state index in [4.69, 9.17) is 0 Å². The molecule has 0 saturated carbocycles. The Bertz CT molecular complexity index is 1620. The summed E-state index contributed by atoms with van der Waals surface area (Å²) in [5.41, 5.74) is 5.14. The van der Waals surface area contributed by atoms with E-state index in [0.717, 1.165) is 33.5 Å². The number of fused-ring (bicyclic) bond motifs is 1. The first-order valence-electron chi connectivity index (χ1n) is 11.1. The molecule has 6 nitrogen and oxygen atoms in total. The first-order valence-corrected chi connectivity index (χ1v) is 12.6. The second kappa shape index (κ2) is 10.8. The molecular formula is C28H23N3NaO3S+. The van der Waals surface area contributed by atoms with Crippen LogP contribution in [0.4, 0.5) is 0 Å². The molecule has 5 aromatic rings. The molecule has 1 aromatic heterocycles. The molecule has 0 radical (unpaired) electrons. The van der Waals surface area contributed by atoms with Gasteiger partial charge >= 0.3 is 29.6 Å². The van der Waals surface area contributed by atoms with E-state index < -0.39 is 15.9 Å². The number of imidazole rings is 1. The number of nitrogens with one attached hydrogen (secondary N) is 1. The van der Waals surface area contributed by atoms with Gasteiger partial charge in [-0.15, -0.1) is 0 Å². The fourth-order valence-electron chi connectivity index (χ4n) is 4.04. The minimum Gasteiger partial charge on any atom is -0.324 e. The van der Waals surface area contributed by atoms with Crippen molar-refractivity contribution in [3.63, 3.8) is 0 Å². The molecule has 8 heteroatoms. The SMILES string of the molecule is Cc1nc2ccc(C(=O)NS(=O)(=O)c3ccccc3)cc2n1Cc1ccc(-c2ccccc2)cc1.[Na+]. The van der Waals surface area contributed by atoms with Gasteiger partial charge in [-0.05, 0) is 53.9 Å². The van der Waals surface area contributed by atoms with Gasteiger partial charge in [-0.25, -0.2) is 18.1 Å². The zero-order valence-electron chi connectivity index (χ0n) is 20.0. The molecule has 0 fully saturated rings. The topological polar surface area (TPSA) is 81.1 Å². The fourth-order valence-corrected chi connectivity index (χ4v) is 5.03. The van der Waals surface area contributed by atoms with Crippen molar-refractivity contribution in [3.05, 3.63) is 120 Å². The maximum Gasteiger partial charge on any atom is 1.00 e. The van der Waals surface area contributed by atoms with Gasteiger partial charge in [0.2, 0.25) is 0 Å². The van der Waals surface area contributed by atoms with Crippen LogP contribution in [0.3, 0.4) is 0 Å². The van der Waals surface area contributed by atoms with Gasteiger partial charge in [-0.2, -0.15) is 0 Å². The smallest absolute Gasteiger partial charge is 0.324 e. The summed E-state index contributed by atoms with van der Waals surface area (Å²) < 4.78 is 29.3. The van der Waals surface area contributed by atoms with Gasteiger partial charge in [0, 0.05) is 12.1 Å². The van der Waals surface area contributed by atoms with Crippen molar-refractivity contribution in [3.8, 4) is 11.1 Å². The van der Waals surface area contributed by atoms with Crippen LogP contribution in [-0.2, 0) is 16.6 Å². The Morgan fingerprint density at radius 1 is 0.833 bits per heavy atom. The maximum absolute atomic E-state index is 12.8. The van der Waals surface area contributed by atoms with Crippen LogP contribution in [0, 0.1) is 6.92 Å². The third-order valence-corrected chi connectivity index (χ3v) is 7.23. The van der Waals surface area contributed by atoms with Crippen molar-refractivity contribution in [1.29, 1.82) is 0 Å². The van der Waals surface area contributed by atoms with Gasteiger partial charge in [0.25, 0.3) is 15.9 Å². The molecule has 174 valence electrons. The molecule has 0 aliphatic rings. The van der Waals surface area contributed by atoms with Gasteiger partial charge in [-0.3, -0.25) is 4.79 Å². The molecule has 1 N–H and O–H groups in total. The van der Waals surface area contributed by atoms with E-state index in [9.17, 15) is 13.2 Å². The van der Waals surface area contributed by atoms with Crippen molar-refractivity contribution in [2.24, 2.45) is 0 Å². The van der Waals surface area contributed by atoms with E-state index in [0.29, 0.717) is 6.54 Å². The van der Waals surface area contributed by atoms with Crippen LogP contribution in [-0.4, -0.2) is 23.9 Å². The number of carbonyl (C=O) groups excluding carboxylic acids is 1. The molecule has 0 spiro atoms. The molecule has 5 rings (SSSR count). The summed E-state index contributed by atoms with van der Waals surface area (Å²) in [7, 11) is -3.96. The van der Waals surface area contributed by atoms with E-state index in [1.807, 2.05) is 29.7 Å². The molecule has 0 bridgehead atoms. The minimum absolute atomic E-state index is 0. The number of nitrogens with zero attached hydrogens (tertiary/aromatic N) is 2. The number of aryl methyl sites for hydroxylation is 1. The standard InChI is InChI=1S/C28H23N3O3S.Na/c1-20-29-26-17-16-24(28(32)30-35(33,34)25-10-6-3-7-11-25)18-27(26)31(20)19-21-12-14-23(15-13-21)22-8-4-2-5-9-22;/h2-18H,19H2,1H3,(H,30,32);/q;+1. The first kappa shape index (κ1) is 25.9. The molecule has 1 heterocycles. The Morgan fingerprint density at radius 3 is 2.11 bits per heavy atom. The third-order valence-electron chi connectivity index (χ3n) is 5.88. The molecule has 0 atom stereocenters. The summed E-state index contributed by atoms with van der Waals surface area (Å²) in [6.45, 7) is 2.49. The number of benzene rings is 4. The average molecular weight is 505 g/mol. The molecule has 0 unspecified atom stereocenters. The summed E-state index contributed by atoms with van der Waals surface area (Å²) in [5.74, 6) is 0.120. The van der Waals surface area contributed by atoms with Crippen LogP contribution in [0.1, 0.15) is 21.7 Å². The van der Waals surface area contributed by atoms with Crippen LogP contribution >= 0.6 is 0 Å². The Morgan fingerprint density at radius 2 is 1.44 bits per heavy atom. The summed E-state index contributed by atoms with van der Waals surface area (Å²) in [4.78, 5) is 17.5. The monoisotopic (exact) mass is 504 g/mol. The molecule has 1 amide bonds. The van der Waals surface area contributed by atoms with Crippen LogP contribution in [0.25, 0.3) is 22.2 Å². The number of amides is 1. The van der Waals surface area contributed by atoms with E-state index >= 15 is 0 Å². The number of sulfonamides is 1. The predicted octanol–water partition coefficient (Wildman–Crippen LogP) is 2.18. The molecule has 0 aliphatic heterocycles. The first-order chi connectivity index (χ1) is 16.9. The van der Waals surface area contributed by atoms with Crippen LogP contribution in [0.5, 0.6) is 0 Å². The van der Waals surface area contributed by atoms with Gasteiger partial charge in [0.1, 0.15) is 5.82 Å². The Kier molecular flexibility index (Phi) is 7.76. The minimum atomic E-state index is -3.96. The van der Waals surface area contributed by atoms with Crippen molar-refractivity contribution in [1.82, 2.24) is 14.3 Å². The van der Waals surface area contributed by atoms with Gasteiger partial charge in [0.05, 0.1) is 15.9 Å². The van der Waals surface area contributed by atoms with Gasteiger partial charge < -0.3 is 4.57 Å². The normalized spacial score (nSPS) is 11.1. The molecule has 36 heavy (non-hydrogen) atoms. The van der Waals surface area contributed by atoms with Crippen molar-refractivity contribution in [2.75, 3.05) is 0 Å². The molecule has 0 aliphatic carbocycles. The van der Waals surface area contributed by atoms with E-state index in [2.05, 4.69) is 46.1 Å². The van der Waals surface area contributed by atoms with Crippen molar-refractivity contribution < 1.29 is 42.8 Å². The molecule has 4 aromatic carbocycles. The van der Waals surface area contributed by atoms with Crippen LogP contribution < -0.4 is 34.3 Å². The van der Waals surface area contributed by atoms with Crippen molar-refractivity contribution in [2.45, 2.75) is 18.4 Å². The quantitative estimate of drug-likeness (QED) is 0.360. The summed E-state index contributed by atoms with van der Waals surface area (Å²) >= 11 is 0. The molecule has 0 saturated heterocycles.